The van der Waals surface area contributed by atoms with Crippen LogP contribution in [0.4, 0.5) is 0 Å². The predicted molar refractivity (Wildman–Crippen MR) is 66.7 cm³/mol. The third-order valence-electron chi connectivity index (χ3n) is 3.40. The standard InChI is InChI=1S/C13H18ClNO/c1-15-9-3-2-4-12(15)13(16)10-5-7-11(14)8-6-10/h5-8,12-13,16H,2-4,9H2,1H3/t12-,13+/m0/s1. The molecule has 2 atom stereocenters. The number of aliphatic hydroxyl groups is 1. The van der Waals surface area contributed by atoms with E-state index in [0.717, 1.165) is 18.5 Å². The predicted octanol–water partition coefficient (Wildman–Crippen LogP) is 2.86. The van der Waals surface area contributed by atoms with Crippen LogP contribution < -0.4 is 0 Å². The average molecular weight is 240 g/mol. The lowest BCUT2D eigenvalue weighted by Gasteiger charge is -2.35. The van der Waals surface area contributed by atoms with E-state index in [-0.39, 0.29) is 6.04 Å². The molecule has 1 aromatic rings. The van der Waals surface area contributed by atoms with Gasteiger partial charge < -0.3 is 10.0 Å². The Morgan fingerprint density at radius 3 is 2.62 bits per heavy atom. The molecule has 2 rings (SSSR count). The van der Waals surface area contributed by atoms with Crippen LogP contribution in [0, 0.1) is 0 Å². The number of benzene rings is 1. The quantitative estimate of drug-likeness (QED) is 0.858. The number of halogens is 1. The first-order chi connectivity index (χ1) is 7.68. The van der Waals surface area contributed by atoms with Crippen molar-refractivity contribution in [2.24, 2.45) is 0 Å². The van der Waals surface area contributed by atoms with E-state index < -0.39 is 6.10 Å². The summed E-state index contributed by atoms with van der Waals surface area (Å²) in [6.07, 6.45) is 3.11. The Morgan fingerprint density at radius 1 is 1.31 bits per heavy atom. The van der Waals surface area contributed by atoms with Crippen LogP contribution in [0.5, 0.6) is 0 Å². The molecule has 0 amide bonds. The Kier molecular flexibility index (Phi) is 3.85. The molecule has 1 heterocycles. The monoisotopic (exact) mass is 239 g/mol. The number of nitrogens with zero attached hydrogens (tertiary/aromatic N) is 1. The fourth-order valence-electron chi connectivity index (χ4n) is 2.38. The Labute approximate surface area is 102 Å². The zero-order valence-corrected chi connectivity index (χ0v) is 10.3. The fourth-order valence-corrected chi connectivity index (χ4v) is 2.51. The Morgan fingerprint density at radius 2 is 2.00 bits per heavy atom. The first-order valence-electron chi connectivity index (χ1n) is 5.82. The second-order valence-corrected chi connectivity index (χ2v) is 4.98. The summed E-state index contributed by atoms with van der Waals surface area (Å²) in [5, 5.41) is 11.0. The number of rotatable bonds is 2. The SMILES string of the molecule is CN1CCCC[C@H]1[C@H](O)c1ccc(Cl)cc1. The van der Waals surface area contributed by atoms with Crippen molar-refractivity contribution in [2.75, 3.05) is 13.6 Å². The topological polar surface area (TPSA) is 23.5 Å². The smallest absolute Gasteiger partial charge is 0.0945 e. The largest absolute Gasteiger partial charge is 0.387 e. The van der Waals surface area contributed by atoms with Gasteiger partial charge in [-0.2, -0.15) is 0 Å². The third kappa shape index (κ3) is 2.57. The van der Waals surface area contributed by atoms with E-state index in [0.29, 0.717) is 5.02 Å². The average Bonchev–Trinajstić information content (AvgIpc) is 2.30. The van der Waals surface area contributed by atoms with Gasteiger partial charge in [0.1, 0.15) is 0 Å². The zero-order chi connectivity index (χ0) is 11.5. The van der Waals surface area contributed by atoms with Gasteiger partial charge >= 0.3 is 0 Å². The van der Waals surface area contributed by atoms with E-state index in [1.54, 1.807) is 0 Å². The van der Waals surface area contributed by atoms with E-state index in [1.807, 2.05) is 24.3 Å². The molecule has 1 aliphatic rings. The van der Waals surface area contributed by atoms with Crippen molar-refractivity contribution in [3.05, 3.63) is 34.9 Å². The van der Waals surface area contributed by atoms with Crippen LogP contribution in [0.15, 0.2) is 24.3 Å². The minimum absolute atomic E-state index is 0.245. The number of piperidine rings is 1. The van der Waals surface area contributed by atoms with E-state index in [9.17, 15) is 5.11 Å². The van der Waals surface area contributed by atoms with Crippen molar-refractivity contribution in [3.63, 3.8) is 0 Å². The van der Waals surface area contributed by atoms with Gasteiger partial charge in [0.2, 0.25) is 0 Å². The molecule has 0 saturated carbocycles. The second-order valence-electron chi connectivity index (χ2n) is 4.54. The van der Waals surface area contributed by atoms with E-state index in [1.165, 1.54) is 12.8 Å². The molecule has 0 bridgehead atoms. The molecule has 3 heteroatoms. The van der Waals surface area contributed by atoms with Crippen molar-refractivity contribution in [1.29, 1.82) is 0 Å². The molecule has 0 aliphatic carbocycles. The number of hydrogen-bond acceptors (Lipinski definition) is 2. The van der Waals surface area contributed by atoms with Crippen molar-refractivity contribution in [3.8, 4) is 0 Å². The lowest BCUT2D eigenvalue weighted by molar-refractivity contribution is 0.0403. The molecule has 0 aromatic heterocycles. The summed E-state index contributed by atoms with van der Waals surface area (Å²) in [5.74, 6) is 0. The van der Waals surface area contributed by atoms with Gasteiger partial charge in [0.25, 0.3) is 0 Å². The molecule has 0 radical (unpaired) electrons. The molecule has 1 N–H and O–H groups in total. The maximum atomic E-state index is 10.3. The molecule has 2 nitrogen and oxygen atoms in total. The molecule has 0 spiro atoms. The van der Waals surface area contributed by atoms with Gasteiger partial charge in [0, 0.05) is 11.1 Å². The van der Waals surface area contributed by atoms with Gasteiger partial charge in [-0.3, -0.25) is 0 Å². The summed E-state index contributed by atoms with van der Waals surface area (Å²) in [5.41, 5.74) is 0.961. The van der Waals surface area contributed by atoms with Crippen molar-refractivity contribution >= 4 is 11.6 Å². The van der Waals surface area contributed by atoms with Gasteiger partial charge in [0.05, 0.1) is 6.10 Å². The maximum absolute atomic E-state index is 10.3. The van der Waals surface area contributed by atoms with E-state index in [4.69, 9.17) is 11.6 Å². The van der Waals surface area contributed by atoms with Gasteiger partial charge in [-0.15, -0.1) is 0 Å². The maximum Gasteiger partial charge on any atom is 0.0945 e. The van der Waals surface area contributed by atoms with Crippen LogP contribution in [0.2, 0.25) is 5.02 Å². The number of hydrogen-bond donors (Lipinski definition) is 1. The minimum atomic E-state index is -0.400. The molecule has 1 saturated heterocycles. The van der Waals surface area contributed by atoms with Crippen LogP contribution >= 0.6 is 11.6 Å². The van der Waals surface area contributed by atoms with Crippen molar-refractivity contribution in [2.45, 2.75) is 31.4 Å². The lowest BCUT2D eigenvalue weighted by atomic mass is 9.93. The summed E-state index contributed by atoms with van der Waals surface area (Å²) < 4.78 is 0. The van der Waals surface area contributed by atoms with Gasteiger partial charge in [0.15, 0.2) is 0 Å². The molecular weight excluding hydrogens is 222 g/mol. The van der Waals surface area contributed by atoms with Crippen molar-refractivity contribution in [1.82, 2.24) is 4.90 Å². The molecule has 1 aromatic carbocycles. The molecule has 16 heavy (non-hydrogen) atoms. The first kappa shape index (κ1) is 11.9. The van der Waals surface area contributed by atoms with Crippen LogP contribution in [-0.2, 0) is 0 Å². The number of likely N-dealkylation sites (N-methyl/N-ethyl adjacent to an activating group) is 1. The molecule has 1 fully saturated rings. The van der Waals surface area contributed by atoms with Crippen LogP contribution in [0.25, 0.3) is 0 Å². The van der Waals surface area contributed by atoms with Crippen LogP contribution in [-0.4, -0.2) is 29.6 Å². The Balaban J connectivity index is 2.11. The normalized spacial score (nSPS) is 24.3. The number of likely N-dealkylation sites (tertiary alicyclic amines) is 1. The molecule has 88 valence electrons. The second kappa shape index (κ2) is 5.17. The van der Waals surface area contributed by atoms with E-state index in [2.05, 4.69) is 11.9 Å². The highest BCUT2D eigenvalue weighted by Crippen LogP contribution is 2.28. The van der Waals surface area contributed by atoms with E-state index >= 15 is 0 Å². The molecule has 1 aliphatic heterocycles. The summed E-state index contributed by atoms with van der Waals surface area (Å²) in [6, 6.07) is 7.74. The van der Waals surface area contributed by atoms with Gasteiger partial charge in [-0.05, 0) is 44.1 Å². The highest BCUT2D eigenvalue weighted by Gasteiger charge is 2.26. The third-order valence-corrected chi connectivity index (χ3v) is 3.65. The zero-order valence-electron chi connectivity index (χ0n) is 9.56. The van der Waals surface area contributed by atoms with Gasteiger partial charge in [-0.1, -0.05) is 30.2 Å². The van der Waals surface area contributed by atoms with Crippen molar-refractivity contribution < 1.29 is 5.11 Å². The minimum Gasteiger partial charge on any atom is -0.387 e. The number of aliphatic hydroxyl groups excluding tert-OH is 1. The summed E-state index contributed by atoms with van der Waals surface area (Å²) in [6.45, 7) is 1.08. The van der Waals surface area contributed by atoms with Crippen LogP contribution in [0.1, 0.15) is 30.9 Å². The summed E-state index contributed by atoms with van der Waals surface area (Å²) >= 11 is 5.84. The van der Waals surface area contributed by atoms with Crippen LogP contribution in [0.3, 0.4) is 0 Å². The summed E-state index contributed by atoms with van der Waals surface area (Å²) in [7, 11) is 2.09. The summed E-state index contributed by atoms with van der Waals surface area (Å²) in [4.78, 5) is 2.25. The molecular formula is C13H18ClNO. The lowest BCUT2D eigenvalue weighted by Crippen LogP contribution is -2.40. The highest BCUT2D eigenvalue weighted by molar-refractivity contribution is 6.30. The fraction of sp³-hybridized carbons (Fsp3) is 0.538. The Bertz CT molecular complexity index is 338. The Hall–Kier alpha value is -0.570. The van der Waals surface area contributed by atoms with Gasteiger partial charge in [-0.25, -0.2) is 0 Å². The molecule has 0 unspecified atom stereocenters. The highest BCUT2D eigenvalue weighted by atomic mass is 35.5. The first-order valence-corrected chi connectivity index (χ1v) is 6.20.